The third-order valence-electron chi connectivity index (χ3n) is 6.02. The molecule has 4 fully saturated rings. The SMILES string of the molecule is CC(Cc1ccoc1)NC(=O)C12CC3CC(CC(C3)C1)C2. The molecule has 4 bridgehead atoms. The highest BCUT2D eigenvalue weighted by Gasteiger charge is 2.54. The predicted molar refractivity (Wildman–Crippen MR) is 80.6 cm³/mol. The van der Waals surface area contributed by atoms with Gasteiger partial charge in [0.15, 0.2) is 0 Å². The molecule has 4 aliphatic carbocycles. The zero-order valence-electron chi connectivity index (χ0n) is 12.8. The van der Waals surface area contributed by atoms with Gasteiger partial charge in [0.1, 0.15) is 0 Å². The monoisotopic (exact) mass is 287 g/mol. The molecule has 3 heteroatoms. The van der Waals surface area contributed by atoms with E-state index in [0.29, 0.717) is 5.91 Å². The van der Waals surface area contributed by atoms with Crippen LogP contribution in [-0.2, 0) is 11.2 Å². The maximum absolute atomic E-state index is 12.9. The molecule has 1 heterocycles. The number of rotatable bonds is 4. The smallest absolute Gasteiger partial charge is 0.226 e. The van der Waals surface area contributed by atoms with Gasteiger partial charge in [-0.25, -0.2) is 0 Å². The summed E-state index contributed by atoms with van der Waals surface area (Å²) >= 11 is 0. The molecule has 1 aromatic rings. The fraction of sp³-hybridized carbons (Fsp3) is 0.722. The van der Waals surface area contributed by atoms with Gasteiger partial charge in [0, 0.05) is 11.5 Å². The molecule has 114 valence electrons. The van der Waals surface area contributed by atoms with E-state index in [2.05, 4.69) is 12.2 Å². The van der Waals surface area contributed by atoms with Crippen LogP contribution in [0.25, 0.3) is 0 Å². The topological polar surface area (TPSA) is 42.2 Å². The van der Waals surface area contributed by atoms with Crippen LogP contribution in [0.5, 0.6) is 0 Å². The Morgan fingerprint density at radius 1 is 1.29 bits per heavy atom. The quantitative estimate of drug-likeness (QED) is 0.920. The molecule has 0 radical (unpaired) electrons. The van der Waals surface area contributed by atoms with Crippen molar-refractivity contribution in [2.24, 2.45) is 23.2 Å². The first-order valence-corrected chi connectivity index (χ1v) is 8.45. The van der Waals surface area contributed by atoms with Crippen LogP contribution in [0.2, 0.25) is 0 Å². The summed E-state index contributed by atoms with van der Waals surface area (Å²) in [5.41, 5.74) is 1.13. The first-order valence-electron chi connectivity index (χ1n) is 8.45. The van der Waals surface area contributed by atoms with E-state index in [1.807, 2.05) is 6.07 Å². The van der Waals surface area contributed by atoms with Crippen molar-refractivity contribution in [1.82, 2.24) is 5.32 Å². The Balaban J connectivity index is 1.42. The summed E-state index contributed by atoms with van der Waals surface area (Å²) < 4.78 is 5.11. The fourth-order valence-corrected chi connectivity index (χ4v) is 5.58. The van der Waals surface area contributed by atoms with E-state index in [4.69, 9.17) is 4.42 Å². The van der Waals surface area contributed by atoms with Gasteiger partial charge < -0.3 is 9.73 Å². The van der Waals surface area contributed by atoms with Gasteiger partial charge in [-0.05, 0) is 81.3 Å². The lowest BCUT2D eigenvalue weighted by Gasteiger charge is -2.55. The fourth-order valence-electron chi connectivity index (χ4n) is 5.58. The number of nitrogens with one attached hydrogen (secondary N) is 1. The van der Waals surface area contributed by atoms with Crippen LogP contribution in [0, 0.1) is 23.2 Å². The van der Waals surface area contributed by atoms with Crippen molar-refractivity contribution >= 4 is 5.91 Å². The van der Waals surface area contributed by atoms with Gasteiger partial charge in [-0.2, -0.15) is 0 Å². The minimum Gasteiger partial charge on any atom is -0.472 e. The predicted octanol–water partition coefficient (Wildman–Crippen LogP) is 3.54. The molecule has 1 N–H and O–H groups in total. The van der Waals surface area contributed by atoms with E-state index in [-0.39, 0.29) is 11.5 Å². The molecule has 0 saturated heterocycles. The third-order valence-corrected chi connectivity index (χ3v) is 6.02. The standard InChI is InChI=1S/C18H25NO2/c1-12(4-13-2-3-21-11-13)19-17(20)18-8-14-5-15(9-18)7-16(6-14)10-18/h2-3,11-12,14-16H,4-10H2,1H3,(H,19,20). The lowest BCUT2D eigenvalue weighted by Crippen LogP contribution is -2.55. The molecule has 0 spiro atoms. The van der Waals surface area contributed by atoms with Crippen molar-refractivity contribution in [3.63, 3.8) is 0 Å². The first-order chi connectivity index (χ1) is 10.1. The van der Waals surface area contributed by atoms with E-state index >= 15 is 0 Å². The molecule has 5 rings (SSSR count). The van der Waals surface area contributed by atoms with Crippen LogP contribution in [0.1, 0.15) is 51.0 Å². The summed E-state index contributed by atoms with van der Waals surface area (Å²) in [6, 6.07) is 2.16. The Kier molecular flexibility index (Phi) is 3.13. The Morgan fingerprint density at radius 2 is 1.90 bits per heavy atom. The molecular weight excluding hydrogens is 262 g/mol. The van der Waals surface area contributed by atoms with Crippen LogP contribution >= 0.6 is 0 Å². The largest absolute Gasteiger partial charge is 0.472 e. The number of furan rings is 1. The van der Waals surface area contributed by atoms with E-state index < -0.39 is 0 Å². The number of carbonyl (C=O) groups excluding carboxylic acids is 1. The van der Waals surface area contributed by atoms with E-state index in [1.165, 1.54) is 19.3 Å². The molecule has 4 aliphatic rings. The number of hydrogen-bond acceptors (Lipinski definition) is 2. The van der Waals surface area contributed by atoms with Crippen molar-refractivity contribution < 1.29 is 9.21 Å². The second kappa shape index (κ2) is 4.89. The van der Waals surface area contributed by atoms with Crippen LogP contribution < -0.4 is 5.32 Å². The van der Waals surface area contributed by atoms with Gasteiger partial charge in [-0.1, -0.05) is 0 Å². The second-order valence-electron chi connectivity index (χ2n) is 7.91. The molecule has 1 amide bonds. The summed E-state index contributed by atoms with van der Waals surface area (Å²) in [6.07, 6.45) is 11.9. The molecule has 0 aliphatic heterocycles. The highest BCUT2D eigenvalue weighted by atomic mass is 16.3. The first kappa shape index (κ1) is 13.4. The lowest BCUT2D eigenvalue weighted by atomic mass is 9.49. The van der Waals surface area contributed by atoms with Gasteiger partial charge in [-0.3, -0.25) is 4.79 Å². The van der Waals surface area contributed by atoms with Gasteiger partial charge in [0.25, 0.3) is 0 Å². The van der Waals surface area contributed by atoms with Gasteiger partial charge in [0.05, 0.1) is 12.5 Å². The molecular formula is C18H25NO2. The minimum atomic E-state index is -0.0284. The van der Waals surface area contributed by atoms with Crippen molar-refractivity contribution in [1.29, 1.82) is 0 Å². The summed E-state index contributed by atoms with van der Waals surface area (Å²) in [6.45, 7) is 2.10. The Hall–Kier alpha value is -1.25. The maximum atomic E-state index is 12.9. The van der Waals surface area contributed by atoms with Crippen molar-refractivity contribution in [2.75, 3.05) is 0 Å². The van der Waals surface area contributed by atoms with E-state index in [1.54, 1.807) is 12.5 Å². The minimum absolute atomic E-state index is 0.0284. The van der Waals surface area contributed by atoms with Crippen molar-refractivity contribution in [2.45, 2.75) is 57.9 Å². The summed E-state index contributed by atoms with van der Waals surface area (Å²) in [5.74, 6) is 2.81. The number of carbonyl (C=O) groups is 1. The lowest BCUT2D eigenvalue weighted by molar-refractivity contribution is -0.146. The molecule has 4 saturated carbocycles. The van der Waals surface area contributed by atoms with Crippen LogP contribution in [-0.4, -0.2) is 11.9 Å². The van der Waals surface area contributed by atoms with Crippen LogP contribution in [0.3, 0.4) is 0 Å². The Bertz CT molecular complexity index is 484. The number of amides is 1. The molecule has 1 unspecified atom stereocenters. The van der Waals surface area contributed by atoms with Crippen molar-refractivity contribution in [3.8, 4) is 0 Å². The van der Waals surface area contributed by atoms with Gasteiger partial charge in [0.2, 0.25) is 5.91 Å². The van der Waals surface area contributed by atoms with E-state index in [9.17, 15) is 4.79 Å². The second-order valence-corrected chi connectivity index (χ2v) is 7.91. The normalized spacial score (nSPS) is 38.4. The van der Waals surface area contributed by atoms with Gasteiger partial charge in [-0.15, -0.1) is 0 Å². The highest BCUT2D eigenvalue weighted by Crippen LogP contribution is 2.60. The molecule has 3 nitrogen and oxygen atoms in total. The third kappa shape index (κ3) is 2.41. The Morgan fingerprint density at radius 3 is 2.43 bits per heavy atom. The van der Waals surface area contributed by atoms with Crippen molar-refractivity contribution in [3.05, 3.63) is 24.2 Å². The zero-order chi connectivity index (χ0) is 14.4. The summed E-state index contributed by atoms with van der Waals surface area (Å²) in [5, 5.41) is 3.29. The summed E-state index contributed by atoms with van der Waals surface area (Å²) in [7, 11) is 0. The molecule has 1 aromatic heterocycles. The number of hydrogen-bond donors (Lipinski definition) is 1. The highest BCUT2D eigenvalue weighted by molar-refractivity contribution is 5.83. The average Bonchev–Trinajstić information content (AvgIpc) is 2.89. The maximum Gasteiger partial charge on any atom is 0.226 e. The molecule has 1 atom stereocenters. The van der Waals surface area contributed by atoms with Crippen LogP contribution in [0.15, 0.2) is 23.0 Å². The molecule has 0 aromatic carbocycles. The van der Waals surface area contributed by atoms with E-state index in [0.717, 1.165) is 49.0 Å². The zero-order valence-corrected chi connectivity index (χ0v) is 12.8. The average molecular weight is 287 g/mol. The summed E-state index contributed by atoms with van der Waals surface area (Å²) in [4.78, 5) is 12.9. The van der Waals surface area contributed by atoms with Gasteiger partial charge >= 0.3 is 0 Å². The Labute approximate surface area is 126 Å². The van der Waals surface area contributed by atoms with Crippen LogP contribution in [0.4, 0.5) is 0 Å². The molecule has 21 heavy (non-hydrogen) atoms.